The largest absolute Gasteiger partial charge is 0.293 e. The molecule has 0 bridgehead atoms. The molecule has 1 saturated carbocycles. The van der Waals surface area contributed by atoms with Crippen molar-refractivity contribution in [3.05, 3.63) is 65.2 Å². The van der Waals surface area contributed by atoms with Gasteiger partial charge in [0.2, 0.25) is 0 Å². The lowest BCUT2D eigenvalue weighted by Crippen LogP contribution is -2.25. The normalized spacial score (nSPS) is 26.8. The summed E-state index contributed by atoms with van der Waals surface area (Å²) in [4.78, 5) is 13.7. The number of hydrogen-bond donors (Lipinski definition) is 0. The summed E-state index contributed by atoms with van der Waals surface area (Å²) in [6, 6.07) is 11.0. The first-order chi connectivity index (χ1) is 10.1. The Hall–Kier alpha value is -1.68. The van der Waals surface area contributed by atoms with Gasteiger partial charge < -0.3 is 0 Å². The van der Waals surface area contributed by atoms with Gasteiger partial charge in [-0.1, -0.05) is 18.2 Å². The lowest BCUT2D eigenvalue weighted by Gasteiger charge is -2.23. The monoisotopic (exact) mass is 302 g/mol. The molecule has 0 N–H and O–H groups in total. The van der Waals surface area contributed by atoms with Crippen LogP contribution in [0.25, 0.3) is 0 Å². The lowest BCUT2D eigenvalue weighted by atomic mass is 9.91. The maximum atomic E-state index is 13.9. The molecule has 21 heavy (non-hydrogen) atoms. The molecule has 0 saturated heterocycles. The van der Waals surface area contributed by atoms with Crippen molar-refractivity contribution < 1.29 is 13.6 Å². The summed E-state index contributed by atoms with van der Waals surface area (Å²) in [5, 5.41) is 0. The van der Waals surface area contributed by atoms with Crippen molar-refractivity contribution in [2.45, 2.75) is 17.2 Å². The van der Waals surface area contributed by atoms with Crippen LogP contribution in [0.2, 0.25) is 0 Å². The molecule has 4 rings (SSSR count). The summed E-state index contributed by atoms with van der Waals surface area (Å²) in [5.74, 6) is -0.365. The van der Waals surface area contributed by atoms with Gasteiger partial charge in [-0.3, -0.25) is 4.79 Å². The number of rotatable bonds is 1. The van der Waals surface area contributed by atoms with Crippen molar-refractivity contribution in [2.24, 2.45) is 5.41 Å². The van der Waals surface area contributed by atoms with Crippen LogP contribution in [0.3, 0.4) is 0 Å². The number of hydrogen-bond acceptors (Lipinski definition) is 2. The van der Waals surface area contributed by atoms with Crippen molar-refractivity contribution >= 4 is 17.5 Å². The molecule has 2 aliphatic rings. The minimum atomic E-state index is -0.548. The first-order valence-electron chi connectivity index (χ1n) is 6.83. The van der Waals surface area contributed by atoms with Gasteiger partial charge in [0, 0.05) is 22.1 Å². The summed E-state index contributed by atoms with van der Waals surface area (Å²) in [5.41, 5.74) is 0.504. The Labute approximate surface area is 125 Å². The van der Waals surface area contributed by atoms with E-state index in [1.165, 1.54) is 6.07 Å². The molecular weight excluding hydrogens is 290 g/mol. The van der Waals surface area contributed by atoms with Gasteiger partial charge in [-0.05, 0) is 36.2 Å². The SMILES string of the molecule is O=C1c2ccccc2SCC12CC2c1cc(F)ccc1F. The van der Waals surface area contributed by atoms with Gasteiger partial charge in [-0.25, -0.2) is 8.78 Å². The Morgan fingerprint density at radius 3 is 2.81 bits per heavy atom. The Morgan fingerprint density at radius 2 is 1.95 bits per heavy atom. The van der Waals surface area contributed by atoms with E-state index in [0.29, 0.717) is 23.3 Å². The van der Waals surface area contributed by atoms with Crippen LogP contribution >= 0.6 is 11.8 Å². The zero-order valence-corrected chi connectivity index (χ0v) is 11.9. The summed E-state index contributed by atoms with van der Waals surface area (Å²) in [7, 11) is 0. The predicted molar refractivity (Wildman–Crippen MR) is 77.6 cm³/mol. The highest BCUT2D eigenvalue weighted by atomic mass is 32.2. The molecule has 2 atom stereocenters. The second-order valence-corrected chi connectivity index (χ2v) is 6.71. The number of Topliss-reactive ketones (excluding diaryl/α,β-unsaturated/α-hetero) is 1. The van der Waals surface area contributed by atoms with E-state index >= 15 is 0 Å². The minimum absolute atomic E-state index is 0.0745. The molecule has 2 unspecified atom stereocenters. The van der Waals surface area contributed by atoms with Gasteiger partial charge in [-0.2, -0.15) is 0 Å². The highest BCUT2D eigenvalue weighted by molar-refractivity contribution is 7.99. The highest BCUT2D eigenvalue weighted by Gasteiger charge is 2.62. The van der Waals surface area contributed by atoms with Crippen LogP contribution in [-0.2, 0) is 0 Å². The van der Waals surface area contributed by atoms with E-state index in [2.05, 4.69) is 0 Å². The number of fused-ring (bicyclic) bond motifs is 1. The summed E-state index contributed by atoms with van der Waals surface area (Å²) < 4.78 is 27.3. The third kappa shape index (κ3) is 1.85. The fourth-order valence-corrected chi connectivity index (χ4v) is 4.58. The van der Waals surface area contributed by atoms with Gasteiger partial charge in [0.25, 0.3) is 0 Å². The maximum absolute atomic E-state index is 13.9. The van der Waals surface area contributed by atoms with E-state index in [9.17, 15) is 13.6 Å². The number of carbonyl (C=O) groups excluding carboxylic acids is 1. The van der Waals surface area contributed by atoms with Gasteiger partial charge >= 0.3 is 0 Å². The van der Waals surface area contributed by atoms with Crippen LogP contribution in [0.4, 0.5) is 8.78 Å². The lowest BCUT2D eigenvalue weighted by molar-refractivity contribution is 0.0905. The van der Waals surface area contributed by atoms with E-state index in [1.54, 1.807) is 11.8 Å². The van der Waals surface area contributed by atoms with E-state index in [0.717, 1.165) is 17.0 Å². The highest BCUT2D eigenvalue weighted by Crippen LogP contribution is 2.65. The molecule has 1 aliphatic carbocycles. The fourth-order valence-electron chi connectivity index (χ4n) is 3.23. The topological polar surface area (TPSA) is 17.1 Å². The quantitative estimate of drug-likeness (QED) is 0.775. The Balaban J connectivity index is 1.73. The maximum Gasteiger partial charge on any atom is 0.171 e. The second-order valence-electron chi connectivity index (χ2n) is 5.69. The summed E-state index contributed by atoms with van der Waals surface area (Å²) in [6.45, 7) is 0. The molecule has 2 aromatic carbocycles. The Bertz CT molecular complexity index is 758. The molecule has 1 fully saturated rings. The van der Waals surface area contributed by atoms with Crippen LogP contribution in [0.5, 0.6) is 0 Å². The fraction of sp³-hybridized carbons (Fsp3) is 0.235. The third-order valence-electron chi connectivity index (χ3n) is 4.48. The summed E-state index contributed by atoms with van der Waals surface area (Å²) >= 11 is 1.63. The zero-order chi connectivity index (χ0) is 14.6. The van der Waals surface area contributed by atoms with Crippen molar-refractivity contribution in [1.82, 2.24) is 0 Å². The summed E-state index contributed by atoms with van der Waals surface area (Å²) in [6.07, 6.45) is 0.605. The molecule has 4 heteroatoms. The minimum Gasteiger partial charge on any atom is -0.293 e. The first-order valence-corrected chi connectivity index (χ1v) is 7.82. The van der Waals surface area contributed by atoms with Crippen molar-refractivity contribution in [2.75, 3.05) is 5.75 Å². The Morgan fingerprint density at radius 1 is 1.14 bits per heavy atom. The Kier molecular flexibility index (Phi) is 2.73. The smallest absolute Gasteiger partial charge is 0.171 e. The van der Waals surface area contributed by atoms with Crippen molar-refractivity contribution in [3.63, 3.8) is 0 Å². The molecule has 1 aliphatic heterocycles. The predicted octanol–water partition coefficient (Wildman–Crippen LogP) is 4.43. The molecule has 1 nitrogen and oxygen atoms in total. The first kappa shape index (κ1) is 13.0. The molecule has 1 spiro atoms. The third-order valence-corrected chi connectivity index (χ3v) is 5.80. The van der Waals surface area contributed by atoms with Crippen LogP contribution < -0.4 is 0 Å². The van der Waals surface area contributed by atoms with E-state index in [1.807, 2.05) is 24.3 Å². The number of halogens is 2. The average molecular weight is 302 g/mol. The zero-order valence-electron chi connectivity index (χ0n) is 11.1. The molecule has 0 radical (unpaired) electrons. The van der Waals surface area contributed by atoms with Crippen LogP contribution in [-0.4, -0.2) is 11.5 Å². The number of carbonyl (C=O) groups is 1. The molecule has 0 amide bonds. The van der Waals surface area contributed by atoms with Crippen LogP contribution in [0.1, 0.15) is 28.3 Å². The molecule has 2 aromatic rings. The average Bonchev–Trinajstić information content (AvgIpc) is 3.21. The van der Waals surface area contributed by atoms with E-state index in [-0.39, 0.29) is 11.7 Å². The standard InChI is InChI=1S/C17H12F2OS/c18-10-5-6-14(19)12(7-10)13-8-17(13)9-21-15-4-2-1-3-11(15)16(17)20/h1-7,13H,8-9H2. The van der Waals surface area contributed by atoms with E-state index < -0.39 is 17.0 Å². The second kappa shape index (κ2) is 4.41. The van der Waals surface area contributed by atoms with Gasteiger partial charge in [0.1, 0.15) is 11.6 Å². The number of benzene rings is 2. The molecule has 106 valence electrons. The molecule has 0 aromatic heterocycles. The van der Waals surface area contributed by atoms with E-state index in [4.69, 9.17) is 0 Å². The number of ketones is 1. The van der Waals surface area contributed by atoms with Crippen molar-refractivity contribution in [1.29, 1.82) is 0 Å². The van der Waals surface area contributed by atoms with Crippen LogP contribution in [0, 0.1) is 17.0 Å². The molecular formula is C17H12F2OS. The van der Waals surface area contributed by atoms with Gasteiger partial charge in [0.05, 0.1) is 5.41 Å². The van der Waals surface area contributed by atoms with Gasteiger partial charge in [-0.15, -0.1) is 11.8 Å². The van der Waals surface area contributed by atoms with Crippen molar-refractivity contribution in [3.8, 4) is 0 Å². The van der Waals surface area contributed by atoms with Gasteiger partial charge in [0.15, 0.2) is 5.78 Å². The molecule has 1 heterocycles. The van der Waals surface area contributed by atoms with Crippen LogP contribution in [0.15, 0.2) is 47.4 Å². The number of thioether (sulfide) groups is 1.